The van der Waals surface area contributed by atoms with E-state index in [9.17, 15) is 4.21 Å². The molecule has 13 heavy (non-hydrogen) atoms. The predicted octanol–water partition coefficient (Wildman–Crippen LogP) is 0.522. The number of hydrogen-bond acceptors (Lipinski definition) is 3. The number of hydrogen-bond donors (Lipinski definition) is 1. The zero-order chi connectivity index (χ0) is 9.68. The number of ether oxygens (including phenoxy) is 1. The van der Waals surface area contributed by atoms with Crippen molar-refractivity contribution in [1.82, 2.24) is 5.32 Å². The summed E-state index contributed by atoms with van der Waals surface area (Å²) in [4.78, 5) is 0. The molecule has 0 bridgehead atoms. The molecular formula is C9H19NO2S. The molecule has 1 N–H and O–H groups in total. The fourth-order valence-corrected chi connectivity index (χ4v) is 3.25. The predicted molar refractivity (Wildman–Crippen MR) is 55.4 cm³/mol. The maximum atomic E-state index is 11.8. The average molecular weight is 205 g/mol. The fraction of sp³-hybridized carbons (Fsp3) is 1.00. The van der Waals surface area contributed by atoms with Crippen molar-refractivity contribution in [1.29, 1.82) is 0 Å². The number of nitrogens with one attached hydrogen (secondary N) is 1. The second-order valence-electron chi connectivity index (χ2n) is 3.38. The molecule has 0 radical (unpaired) electrons. The summed E-state index contributed by atoms with van der Waals surface area (Å²) >= 11 is 0. The third kappa shape index (κ3) is 3.04. The lowest BCUT2D eigenvalue weighted by atomic mass is 10.1. The van der Waals surface area contributed by atoms with Crippen LogP contribution >= 0.6 is 0 Å². The molecule has 0 aromatic rings. The molecule has 0 aromatic carbocycles. The van der Waals surface area contributed by atoms with Gasteiger partial charge in [0.2, 0.25) is 0 Å². The van der Waals surface area contributed by atoms with E-state index in [2.05, 4.69) is 12.2 Å². The Hall–Kier alpha value is 0.0700. The van der Waals surface area contributed by atoms with Crippen molar-refractivity contribution in [3.05, 3.63) is 0 Å². The maximum absolute atomic E-state index is 11.8. The maximum Gasteiger partial charge on any atom is 0.0735 e. The molecule has 78 valence electrons. The van der Waals surface area contributed by atoms with Crippen LogP contribution in [-0.2, 0) is 15.5 Å². The zero-order valence-electron chi connectivity index (χ0n) is 8.41. The lowest BCUT2D eigenvalue weighted by molar-refractivity contribution is 0.0838. The second kappa shape index (κ2) is 5.73. The molecular weight excluding hydrogens is 186 g/mol. The van der Waals surface area contributed by atoms with Crippen molar-refractivity contribution >= 4 is 10.8 Å². The van der Waals surface area contributed by atoms with E-state index in [1.807, 2.05) is 7.05 Å². The van der Waals surface area contributed by atoms with E-state index < -0.39 is 10.8 Å². The molecule has 3 atom stereocenters. The van der Waals surface area contributed by atoms with E-state index in [1.54, 1.807) is 0 Å². The SMILES string of the molecule is CCCS(=O)C1COCCC1NC. The summed E-state index contributed by atoms with van der Waals surface area (Å²) in [7, 11) is 1.21. The van der Waals surface area contributed by atoms with Crippen LogP contribution in [0.5, 0.6) is 0 Å². The molecule has 0 spiro atoms. The van der Waals surface area contributed by atoms with Gasteiger partial charge in [-0.25, -0.2) is 0 Å². The molecule has 1 saturated heterocycles. The van der Waals surface area contributed by atoms with Crippen molar-refractivity contribution in [2.24, 2.45) is 0 Å². The minimum absolute atomic E-state index is 0.193. The van der Waals surface area contributed by atoms with Crippen LogP contribution in [0.15, 0.2) is 0 Å². The quantitative estimate of drug-likeness (QED) is 0.727. The van der Waals surface area contributed by atoms with Crippen molar-refractivity contribution in [2.75, 3.05) is 26.0 Å². The van der Waals surface area contributed by atoms with Crippen LogP contribution in [0.3, 0.4) is 0 Å². The lowest BCUT2D eigenvalue weighted by Gasteiger charge is -2.30. The van der Waals surface area contributed by atoms with Gasteiger partial charge in [0.1, 0.15) is 0 Å². The summed E-state index contributed by atoms with van der Waals surface area (Å²) in [6.45, 7) is 3.51. The van der Waals surface area contributed by atoms with Gasteiger partial charge < -0.3 is 10.1 Å². The summed E-state index contributed by atoms with van der Waals surface area (Å²) in [6.07, 6.45) is 1.97. The molecule has 0 aromatic heterocycles. The highest BCUT2D eigenvalue weighted by atomic mass is 32.2. The van der Waals surface area contributed by atoms with Gasteiger partial charge in [-0.05, 0) is 19.9 Å². The highest BCUT2D eigenvalue weighted by Gasteiger charge is 2.28. The first-order valence-corrected chi connectivity index (χ1v) is 6.30. The highest BCUT2D eigenvalue weighted by molar-refractivity contribution is 7.85. The smallest absolute Gasteiger partial charge is 0.0735 e. The Morgan fingerprint density at radius 2 is 2.38 bits per heavy atom. The van der Waals surface area contributed by atoms with Gasteiger partial charge in [0.15, 0.2) is 0 Å². The van der Waals surface area contributed by atoms with E-state index in [0.29, 0.717) is 12.6 Å². The van der Waals surface area contributed by atoms with Gasteiger partial charge in [-0.1, -0.05) is 6.92 Å². The van der Waals surface area contributed by atoms with Gasteiger partial charge in [0.25, 0.3) is 0 Å². The Morgan fingerprint density at radius 1 is 1.62 bits per heavy atom. The monoisotopic (exact) mass is 205 g/mol. The first-order valence-electron chi connectivity index (χ1n) is 4.91. The summed E-state index contributed by atoms with van der Waals surface area (Å²) in [5.41, 5.74) is 0. The normalized spacial score (nSPS) is 31.5. The number of rotatable bonds is 4. The van der Waals surface area contributed by atoms with Crippen molar-refractivity contribution < 1.29 is 8.95 Å². The van der Waals surface area contributed by atoms with Crippen LogP contribution in [0.4, 0.5) is 0 Å². The topological polar surface area (TPSA) is 38.3 Å². The van der Waals surface area contributed by atoms with E-state index >= 15 is 0 Å². The van der Waals surface area contributed by atoms with Crippen LogP contribution in [0.25, 0.3) is 0 Å². The van der Waals surface area contributed by atoms with Crippen molar-refractivity contribution in [3.63, 3.8) is 0 Å². The molecule has 1 heterocycles. The molecule has 1 fully saturated rings. The Labute approximate surface area is 82.7 Å². The average Bonchev–Trinajstić information content (AvgIpc) is 2.18. The molecule has 4 heteroatoms. The minimum atomic E-state index is -0.724. The van der Waals surface area contributed by atoms with Crippen molar-refractivity contribution in [2.45, 2.75) is 31.1 Å². The van der Waals surface area contributed by atoms with Gasteiger partial charge in [0, 0.05) is 29.2 Å². The van der Waals surface area contributed by atoms with Crippen LogP contribution in [0.2, 0.25) is 0 Å². The highest BCUT2D eigenvalue weighted by Crippen LogP contribution is 2.13. The second-order valence-corrected chi connectivity index (χ2v) is 5.16. The van der Waals surface area contributed by atoms with E-state index in [0.717, 1.165) is 25.2 Å². The zero-order valence-corrected chi connectivity index (χ0v) is 9.23. The summed E-state index contributed by atoms with van der Waals surface area (Å²) in [5.74, 6) is 0.798. The van der Waals surface area contributed by atoms with Crippen LogP contribution in [0.1, 0.15) is 19.8 Å². The lowest BCUT2D eigenvalue weighted by Crippen LogP contribution is -2.47. The molecule has 0 saturated carbocycles. The van der Waals surface area contributed by atoms with Crippen LogP contribution in [0, 0.1) is 0 Å². The van der Waals surface area contributed by atoms with Gasteiger partial charge in [-0.2, -0.15) is 0 Å². The van der Waals surface area contributed by atoms with Gasteiger partial charge in [-0.15, -0.1) is 0 Å². The van der Waals surface area contributed by atoms with Crippen LogP contribution < -0.4 is 5.32 Å². The van der Waals surface area contributed by atoms with Gasteiger partial charge >= 0.3 is 0 Å². The Kier molecular flexibility index (Phi) is 4.91. The fourth-order valence-electron chi connectivity index (χ4n) is 1.65. The molecule has 3 unspecified atom stereocenters. The molecule has 3 nitrogen and oxygen atoms in total. The molecule has 1 aliphatic rings. The Bertz CT molecular complexity index is 175. The van der Waals surface area contributed by atoms with E-state index in [-0.39, 0.29) is 5.25 Å². The Balaban J connectivity index is 2.48. The van der Waals surface area contributed by atoms with Gasteiger partial charge in [-0.3, -0.25) is 4.21 Å². The molecule has 1 aliphatic heterocycles. The van der Waals surface area contributed by atoms with Crippen LogP contribution in [-0.4, -0.2) is 41.5 Å². The van der Waals surface area contributed by atoms with Gasteiger partial charge in [0.05, 0.1) is 11.9 Å². The Morgan fingerprint density at radius 3 is 3.00 bits per heavy atom. The third-order valence-electron chi connectivity index (χ3n) is 2.42. The molecule has 1 rings (SSSR count). The summed E-state index contributed by atoms with van der Waals surface area (Å²) in [5, 5.41) is 3.41. The molecule has 0 aliphatic carbocycles. The van der Waals surface area contributed by atoms with Crippen molar-refractivity contribution in [3.8, 4) is 0 Å². The van der Waals surface area contributed by atoms with E-state index in [1.165, 1.54) is 0 Å². The third-order valence-corrected chi connectivity index (χ3v) is 4.37. The van der Waals surface area contributed by atoms with E-state index in [4.69, 9.17) is 4.74 Å². The summed E-state index contributed by atoms with van der Waals surface area (Å²) < 4.78 is 17.1. The largest absolute Gasteiger partial charge is 0.380 e. The molecule has 0 amide bonds. The first-order chi connectivity index (χ1) is 6.29. The summed E-state index contributed by atoms with van der Waals surface area (Å²) in [6, 6.07) is 0.376. The first kappa shape index (κ1) is 11.1. The standard InChI is InChI=1S/C9H19NO2S/c1-3-6-13(11)9-7-12-5-4-8(9)10-2/h8-10H,3-7H2,1-2H3. The minimum Gasteiger partial charge on any atom is -0.380 e.